The molecule has 0 aliphatic carbocycles. The molecule has 0 atom stereocenters. The molecule has 0 bridgehead atoms. The van der Waals surface area contributed by atoms with Gasteiger partial charge in [-0.05, 0) is 70.9 Å². The van der Waals surface area contributed by atoms with Crippen molar-refractivity contribution in [2.45, 2.75) is 33.5 Å². The number of rotatable bonds is 4. The third-order valence-electron chi connectivity index (χ3n) is 9.23. The second-order valence-electron chi connectivity index (χ2n) is 13.7. The Morgan fingerprint density at radius 1 is 0.706 bits per heavy atom. The minimum Gasteiger partial charge on any atom is -0.486 e. The second-order valence-corrected chi connectivity index (χ2v) is 18.8. The Morgan fingerprint density at radius 2 is 1.47 bits per heavy atom. The molecule has 1 radical (unpaired) electrons. The standard InChI is InChI=1S/C30H20N3O.C14H16NSi.Ir/c1-18-8-5-9-19(2)27(18)33-26-17-21-11-4-3-10-20(21)16-25(26)32-29(33)24-13-6-12-22-23-14-7-15-31-30(23)34-28(22)24;1-16(2,3)13-9-10-14(15-11-13)12-7-5-4-6-8-12;/h3-12,14-17H,1-2H3;4-7,9-11H,1-3H3;/q2*-1;. The summed E-state index contributed by atoms with van der Waals surface area (Å²) in [6.45, 7) is 11.3. The van der Waals surface area contributed by atoms with E-state index >= 15 is 0 Å². The monoisotopic (exact) mass is 857 g/mol. The molecule has 0 N–H and O–H groups in total. The van der Waals surface area contributed by atoms with Gasteiger partial charge in [-0.25, -0.2) is 4.98 Å². The van der Waals surface area contributed by atoms with Crippen LogP contribution in [-0.4, -0.2) is 27.6 Å². The van der Waals surface area contributed by atoms with Crippen LogP contribution in [0.2, 0.25) is 19.6 Å². The molecule has 5 aromatic carbocycles. The summed E-state index contributed by atoms with van der Waals surface area (Å²) >= 11 is 0. The molecule has 0 saturated heterocycles. The van der Waals surface area contributed by atoms with Gasteiger partial charge in [0.15, 0.2) is 0 Å². The van der Waals surface area contributed by atoms with Crippen LogP contribution in [0.1, 0.15) is 11.1 Å². The van der Waals surface area contributed by atoms with Crippen molar-refractivity contribution in [3.05, 3.63) is 151 Å². The summed E-state index contributed by atoms with van der Waals surface area (Å²) in [6.07, 6.45) is 3.77. The smallest absolute Gasteiger partial charge is 0.216 e. The number of furan rings is 1. The first-order chi connectivity index (χ1) is 24.3. The van der Waals surface area contributed by atoms with Crippen molar-refractivity contribution < 1.29 is 24.5 Å². The summed E-state index contributed by atoms with van der Waals surface area (Å²) < 4.78 is 8.53. The molecule has 0 aliphatic heterocycles. The summed E-state index contributed by atoms with van der Waals surface area (Å²) in [6, 6.07) is 46.0. The zero-order chi connectivity index (χ0) is 34.4. The topological polar surface area (TPSA) is 56.7 Å². The summed E-state index contributed by atoms with van der Waals surface area (Å²) in [5.41, 5.74) is 9.78. The minimum absolute atomic E-state index is 0. The van der Waals surface area contributed by atoms with Crippen LogP contribution in [0.3, 0.4) is 0 Å². The number of hydrogen-bond acceptors (Lipinski definition) is 4. The molecule has 5 nitrogen and oxygen atoms in total. The van der Waals surface area contributed by atoms with Gasteiger partial charge in [-0.3, -0.25) is 4.98 Å². The molecule has 0 amide bonds. The fourth-order valence-electron chi connectivity index (χ4n) is 6.61. The van der Waals surface area contributed by atoms with E-state index in [1.54, 1.807) is 6.20 Å². The molecular formula is C44H36IrN4OSi-2. The van der Waals surface area contributed by atoms with E-state index in [0.29, 0.717) is 5.71 Å². The Bertz CT molecular complexity index is 2640. The van der Waals surface area contributed by atoms with E-state index in [1.165, 1.54) is 27.1 Å². The SMILES string of the molecule is C[Si](C)(C)c1ccc(-c2[c-]cccc2)nc1.Cc1cccc(C)c1-n1c(-c2[c-]ccc3c2oc2ncccc23)nc2cc3ccccc3cc21.[Ir]. The van der Waals surface area contributed by atoms with E-state index in [-0.39, 0.29) is 20.1 Å². The molecule has 9 rings (SSSR count). The van der Waals surface area contributed by atoms with Crippen LogP contribution in [0.5, 0.6) is 0 Å². The van der Waals surface area contributed by atoms with Gasteiger partial charge in [0.25, 0.3) is 0 Å². The maximum absolute atomic E-state index is 6.27. The van der Waals surface area contributed by atoms with Crippen molar-refractivity contribution in [2.24, 2.45) is 0 Å². The molecule has 253 valence electrons. The molecule has 51 heavy (non-hydrogen) atoms. The number of para-hydroxylation sites is 1. The van der Waals surface area contributed by atoms with E-state index in [9.17, 15) is 0 Å². The summed E-state index contributed by atoms with van der Waals surface area (Å²) in [5, 5.41) is 5.76. The average molecular weight is 857 g/mol. The van der Waals surface area contributed by atoms with Gasteiger partial charge in [0.2, 0.25) is 5.71 Å². The van der Waals surface area contributed by atoms with Crippen molar-refractivity contribution >= 4 is 57.1 Å². The van der Waals surface area contributed by atoms with Crippen molar-refractivity contribution in [1.29, 1.82) is 0 Å². The van der Waals surface area contributed by atoms with E-state index in [2.05, 4.69) is 127 Å². The Balaban J connectivity index is 0.000000202. The normalized spacial score (nSPS) is 11.5. The van der Waals surface area contributed by atoms with Crippen LogP contribution >= 0.6 is 0 Å². The third-order valence-corrected chi connectivity index (χ3v) is 11.3. The number of benzene rings is 5. The largest absolute Gasteiger partial charge is 0.486 e. The van der Waals surface area contributed by atoms with E-state index < -0.39 is 8.07 Å². The van der Waals surface area contributed by atoms with Crippen LogP contribution in [0.15, 0.2) is 132 Å². The predicted octanol–water partition coefficient (Wildman–Crippen LogP) is 10.6. The van der Waals surface area contributed by atoms with Gasteiger partial charge in [-0.15, -0.1) is 54.1 Å². The Labute approximate surface area is 312 Å². The maximum Gasteiger partial charge on any atom is 0.216 e. The fourth-order valence-corrected chi connectivity index (χ4v) is 7.64. The van der Waals surface area contributed by atoms with E-state index in [0.717, 1.165) is 55.7 Å². The quantitative estimate of drug-likeness (QED) is 0.131. The van der Waals surface area contributed by atoms with Crippen molar-refractivity contribution in [3.8, 4) is 28.3 Å². The van der Waals surface area contributed by atoms with Gasteiger partial charge in [0.1, 0.15) is 0 Å². The zero-order valence-electron chi connectivity index (χ0n) is 29.2. The number of hydrogen-bond donors (Lipinski definition) is 0. The molecule has 4 heterocycles. The maximum atomic E-state index is 6.27. The van der Waals surface area contributed by atoms with Crippen LogP contribution in [0.25, 0.3) is 72.2 Å². The van der Waals surface area contributed by atoms with Gasteiger partial charge in [-0.2, -0.15) is 0 Å². The molecule has 0 unspecified atom stereocenters. The van der Waals surface area contributed by atoms with Gasteiger partial charge >= 0.3 is 0 Å². The van der Waals surface area contributed by atoms with Crippen molar-refractivity contribution in [3.63, 3.8) is 0 Å². The Morgan fingerprint density at radius 3 is 2.18 bits per heavy atom. The molecule has 4 aromatic heterocycles. The van der Waals surface area contributed by atoms with Crippen LogP contribution < -0.4 is 5.19 Å². The minimum atomic E-state index is -1.23. The fraction of sp³-hybridized carbons (Fsp3) is 0.114. The number of pyridine rings is 2. The van der Waals surface area contributed by atoms with Crippen LogP contribution in [0.4, 0.5) is 0 Å². The number of imidazole rings is 1. The molecular weight excluding hydrogens is 821 g/mol. The van der Waals surface area contributed by atoms with Gasteiger partial charge < -0.3 is 14.0 Å². The van der Waals surface area contributed by atoms with Gasteiger partial charge in [-0.1, -0.05) is 85.2 Å². The summed E-state index contributed by atoms with van der Waals surface area (Å²) in [5.74, 6) is 0.812. The van der Waals surface area contributed by atoms with E-state index in [1.807, 2.05) is 54.7 Å². The first-order valence-corrected chi connectivity index (χ1v) is 20.4. The predicted molar refractivity (Wildman–Crippen MR) is 209 cm³/mol. The molecule has 9 aromatic rings. The van der Waals surface area contributed by atoms with Gasteiger partial charge in [0.05, 0.1) is 30.5 Å². The first-order valence-electron chi connectivity index (χ1n) is 16.9. The number of nitrogens with zero attached hydrogens (tertiary/aromatic N) is 4. The van der Waals surface area contributed by atoms with Crippen LogP contribution in [0, 0.1) is 26.0 Å². The third kappa shape index (κ3) is 6.45. The Hall–Kier alpha value is -5.20. The van der Waals surface area contributed by atoms with Crippen LogP contribution in [-0.2, 0) is 20.1 Å². The van der Waals surface area contributed by atoms with E-state index in [4.69, 9.17) is 9.40 Å². The number of aromatic nitrogens is 4. The van der Waals surface area contributed by atoms with Gasteiger partial charge in [0, 0.05) is 43.6 Å². The molecule has 0 aliphatic rings. The molecule has 0 saturated carbocycles. The zero-order valence-corrected chi connectivity index (χ0v) is 32.5. The van der Waals surface area contributed by atoms with Crippen molar-refractivity contribution in [2.75, 3.05) is 0 Å². The average Bonchev–Trinajstić information content (AvgIpc) is 3.69. The number of aryl methyl sites for hydroxylation is 2. The van der Waals surface area contributed by atoms with Crippen molar-refractivity contribution in [1.82, 2.24) is 19.5 Å². The second kappa shape index (κ2) is 13.8. The summed E-state index contributed by atoms with van der Waals surface area (Å²) in [4.78, 5) is 14.1. The molecule has 0 fully saturated rings. The number of fused-ring (bicyclic) bond motifs is 5. The molecule has 0 spiro atoms. The Kier molecular flexibility index (Phi) is 9.30. The summed E-state index contributed by atoms with van der Waals surface area (Å²) in [7, 11) is -1.23. The molecule has 7 heteroatoms. The first kappa shape index (κ1) is 34.3.